The van der Waals surface area contributed by atoms with E-state index in [-0.39, 0.29) is 17.1 Å². The van der Waals surface area contributed by atoms with Crippen LogP contribution in [0.4, 0.5) is 0 Å². The van der Waals surface area contributed by atoms with E-state index in [0.717, 1.165) is 3.97 Å². The highest BCUT2D eigenvalue weighted by Crippen LogP contribution is 2.29. The molecule has 3 aromatic rings. The lowest BCUT2D eigenvalue weighted by Crippen LogP contribution is -2.15. The van der Waals surface area contributed by atoms with Crippen LogP contribution in [0, 0.1) is 0 Å². The Labute approximate surface area is 159 Å². The van der Waals surface area contributed by atoms with Crippen LogP contribution >= 0.6 is 15.9 Å². The van der Waals surface area contributed by atoms with Gasteiger partial charge in [0.25, 0.3) is 10.0 Å². The molecular formula is C18H15BrN2O4S. The summed E-state index contributed by atoms with van der Waals surface area (Å²) in [5.41, 5.74) is 0.572. The lowest BCUT2D eigenvalue weighted by atomic mass is 10.3. The van der Waals surface area contributed by atoms with Crippen LogP contribution in [0.3, 0.4) is 0 Å². The van der Waals surface area contributed by atoms with Gasteiger partial charge in [-0.2, -0.15) is 0 Å². The van der Waals surface area contributed by atoms with E-state index >= 15 is 0 Å². The van der Waals surface area contributed by atoms with E-state index in [1.165, 1.54) is 30.5 Å². The number of hydrogen-bond acceptors (Lipinski definition) is 5. The van der Waals surface area contributed by atoms with Gasteiger partial charge in [0.2, 0.25) is 0 Å². The number of aromatic nitrogens is 2. The predicted molar refractivity (Wildman–Crippen MR) is 102 cm³/mol. The van der Waals surface area contributed by atoms with E-state index < -0.39 is 16.0 Å². The molecule has 0 bridgehead atoms. The number of esters is 1. The topological polar surface area (TPSA) is 78.3 Å². The van der Waals surface area contributed by atoms with Crippen LogP contribution in [0.2, 0.25) is 0 Å². The van der Waals surface area contributed by atoms with Gasteiger partial charge < -0.3 is 4.74 Å². The normalized spacial score (nSPS) is 11.9. The molecule has 0 aliphatic carbocycles. The van der Waals surface area contributed by atoms with Crippen molar-refractivity contribution < 1.29 is 17.9 Å². The van der Waals surface area contributed by atoms with Gasteiger partial charge in [-0.1, -0.05) is 18.2 Å². The van der Waals surface area contributed by atoms with Crippen molar-refractivity contribution in [1.82, 2.24) is 8.96 Å². The molecule has 0 radical (unpaired) electrons. The highest BCUT2D eigenvalue weighted by molar-refractivity contribution is 9.10. The lowest BCUT2D eigenvalue weighted by molar-refractivity contribution is -0.137. The Morgan fingerprint density at radius 2 is 2.00 bits per heavy atom. The third-order valence-corrected chi connectivity index (χ3v) is 6.02. The molecule has 6 nitrogen and oxygen atoms in total. The third-order valence-electron chi connectivity index (χ3n) is 3.59. The summed E-state index contributed by atoms with van der Waals surface area (Å²) in [5, 5.41) is 0.621. The Bertz CT molecular complexity index is 1090. The summed E-state index contributed by atoms with van der Waals surface area (Å²) in [6.07, 6.45) is 4.12. The van der Waals surface area contributed by atoms with Crippen LogP contribution < -0.4 is 0 Å². The summed E-state index contributed by atoms with van der Waals surface area (Å²) in [6.45, 7) is 1.94. The Kier molecular flexibility index (Phi) is 5.24. The average molecular weight is 435 g/mol. The zero-order valence-corrected chi connectivity index (χ0v) is 16.2. The van der Waals surface area contributed by atoms with Gasteiger partial charge >= 0.3 is 5.97 Å². The first-order chi connectivity index (χ1) is 12.4. The maximum absolute atomic E-state index is 13.2. The fraction of sp³-hybridized carbons (Fsp3) is 0.111. The Morgan fingerprint density at radius 3 is 2.69 bits per heavy atom. The number of carbonyl (C=O) groups excluding carboxylic acids is 1. The van der Waals surface area contributed by atoms with Gasteiger partial charge in [0.05, 0.1) is 17.2 Å². The Morgan fingerprint density at radius 1 is 1.27 bits per heavy atom. The second-order valence-corrected chi connectivity index (χ2v) is 7.91. The van der Waals surface area contributed by atoms with E-state index in [1.54, 1.807) is 37.3 Å². The summed E-state index contributed by atoms with van der Waals surface area (Å²) in [5.74, 6) is -0.548. The first-order valence-corrected chi connectivity index (χ1v) is 10.00. The molecule has 0 atom stereocenters. The summed E-state index contributed by atoms with van der Waals surface area (Å²) < 4.78 is 33.0. The molecule has 0 saturated carbocycles. The molecular weight excluding hydrogens is 420 g/mol. The van der Waals surface area contributed by atoms with Gasteiger partial charge in [0, 0.05) is 22.1 Å². The maximum atomic E-state index is 13.2. The zero-order chi connectivity index (χ0) is 18.7. The average Bonchev–Trinajstić information content (AvgIpc) is 3.02. The molecule has 2 aromatic heterocycles. The van der Waals surface area contributed by atoms with Crippen molar-refractivity contribution in [1.29, 1.82) is 0 Å². The number of hydrogen-bond donors (Lipinski definition) is 0. The molecule has 0 unspecified atom stereocenters. The molecule has 0 aliphatic rings. The van der Waals surface area contributed by atoms with E-state index in [0.29, 0.717) is 15.6 Å². The Balaban J connectivity index is 2.24. The highest BCUT2D eigenvalue weighted by atomic mass is 79.9. The second-order valence-electron chi connectivity index (χ2n) is 5.27. The van der Waals surface area contributed by atoms with E-state index in [4.69, 9.17) is 4.74 Å². The van der Waals surface area contributed by atoms with Crippen molar-refractivity contribution in [2.45, 2.75) is 11.8 Å². The Hall–Kier alpha value is -2.45. The molecule has 2 heterocycles. The molecule has 0 saturated heterocycles. The fourth-order valence-corrected chi connectivity index (χ4v) is 4.36. The minimum Gasteiger partial charge on any atom is -0.463 e. The fourth-order valence-electron chi connectivity index (χ4n) is 2.47. The van der Waals surface area contributed by atoms with Crippen molar-refractivity contribution in [2.75, 3.05) is 6.61 Å². The molecule has 0 amide bonds. The van der Waals surface area contributed by atoms with Gasteiger partial charge in [-0.15, -0.1) is 0 Å². The highest BCUT2D eigenvalue weighted by Gasteiger charge is 2.23. The van der Waals surface area contributed by atoms with Crippen molar-refractivity contribution in [3.05, 3.63) is 64.9 Å². The standard InChI is InChI=1S/C18H15BrN2O4S/c1-2-25-17(22)9-8-13-12-15-16(19)10-11-20-18(15)21(13)26(23,24)14-6-4-3-5-7-14/h3-12H,2H2,1H3. The third kappa shape index (κ3) is 3.42. The molecule has 0 N–H and O–H groups in total. The first-order valence-electron chi connectivity index (χ1n) is 7.76. The number of rotatable bonds is 5. The van der Waals surface area contributed by atoms with Crippen LogP contribution in [0.25, 0.3) is 17.1 Å². The minimum absolute atomic E-state index is 0.130. The SMILES string of the molecule is CCOC(=O)C=Cc1cc2c(Br)ccnc2n1S(=O)(=O)c1ccccc1. The van der Waals surface area contributed by atoms with Crippen LogP contribution in [-0.2, 0) is 19.6 Å². The number of pyridine rings is 1. The number of halogens is 1. The summed E-state index contributed by atoms with van der Waals surface area (Å²) in [4.78, 5) is 16.0. The number of carbonyl (C=O) groups is 1. The van der Waals surface area contributed by atoms with Gasteiger partial charge in [0.1, 0.15) is 0 Å². The molecule has 0 spiro atoms. The smallest absolute Gasteiger partial charge is 0.330 e. The van der Waals surface area contributed by atoms with Crippen LogP contribution in [-0.4, -0.2) is 30.0 Å². The van der Waals surface area contributed by atoms with Crippen LogP contribution in [0.15, 0.2) is 64.1 Å². The molecule has 134 valence electrons. The molecule has 3 rings (SSSR count). The molecule has 26 heavy (non-hydrogen) atoms. The van der Waals surface area contributed by atoms with Crippen LogP contribution in [0.1, 0.15) is 12.6 Å². The second kappa shape index (κ2) is 7.43. The van der Waals surface area contributed by atoms with Crippen molar-refractivity contribution in [2.24, 2.45) is 0 Å². The molecule has 0 fully saturated rings. The van der Waals surface area contributed by atoms with E-state index in [2.05, 4.69) is 20.9 Å². The molecule has 1 aromatic carbocycles. The quantitative estimate of drug-likeness (QED) is 0.452. The van der Waals surface area contributed by atoms with Gasteiger partial charge in [-0.05, 0) is 53.2 Å². The van der Waals surface area contributed by atoms with Gasteiger partial charge in [0.15, 0.2) is 5.65 Å². The van der Waals surface area contributed by atoms with E-state index in [9.17, 15) is 13.2 Å². The predicted octanol–water partition coefficient (Wildman–Crippen LogP) is 3.61. The van der Waals surface area contributed by atoms with Gasteiger partial charge in [-0.25, -0.2) is 22.2 Å². The summed E-state index contributed by atoms with van der Waals surface area (Å²) in [6, 6.07) is 11.4. The minimum atomic E-state index is -3.90. The number of benzene rings is 1. The number of nitrogens with zero attached hydrogens (tertiary/aromatic N) is 2. The van der Waals surface area contributed by atoms with Crippen LogP contribution in [0.5, 0.6) is 0 Å². The number of ether oxygens (including phenoxy) is 1. The summed E-state index contributed by atoms with van der Waals surface area (Å²) in [7, 11) is -3.90. The van der Waals surface area contributed by atoms with Gasteiger partial charge in [-0.3, -0.25) is 0 Å². The first kappa shape index (κ1) is 18.3. The van der Waals surface area contributed by atoms with E-state index in [1.807, 2.05) is 0 Å². The summed E-state index contributed by atoms with van der Waals surface area (Å²) >= 11 is 3.41. The number of fused-ring (bicyclic) bond motifs is 1. The largest absolute Gasteiger partial charge is 0.463 e. The lowest BCUT2D eigenvalue weighted by Gasteiger charge is -2.09. The zero-order valence-electron chi connectivity index (χ0n) is 13.8. The maximum Gasteiger partial charge on any atom is 0.330 e. The van der Waals surface area contributed by atoms with Crippen molar-refractivity contribution in [3.63, 3.8) is 0 Å². The molecule has 0 aliphatic heterocycles. The van der Waals surface area contributed by atoms with Crippen molar-refractivity contribution in [3.8, 4) is 0 Å². The monoisotopic (exact) mass is 434 g/mol. The molecule has 8 heteroatoms. The van der Waals surface area contributed by atoms with Crippen molar-refractivity contribution >= 4 is 49.0 Å².